The van der Waals surface area contributed by atoms with E-state index in [4.69, 9.17) is 21.6 Å². The normalized spacial score (nSPS) is 11.5. The van der Waals surface area contributed by atoms with Gasteiger partial charge in [0.2, 0.25) is 10.0 Å². The van der Waals surface area contributed by atoms with Crippen molar-refractivity contribution in [3.63, 3.8) is 0 Å². The van der Waals surface area contributed by atoms with E-state index in [0.29, 0.717) is 10.6 Å². The lowest BCUT2D eigenvalue weighted by molar-refractivity contribution is 0.179. The van der Waals surface area contributed by atoms with E-state index in [9.17, 15) is 8.42 Å². The summed E-state index contributed by atoms with van der Waals surface area (Å²) in [6.07, 6.45) is 0.144. The number of benzene rings is 1. The molecule has 0 heterocycles. The van der Waals surface area contributed by atoms with Crippen molar-refractivity contribution in [1.82, 2.24) is 4.31 Å². The fourth-order valence-corrected chi connectivity index (χ4v) is 3.49. The highest BCUT2D eigenvalue weighted by atomic mass is 35.5. The summed E-state index contributed by atoms with van der Waals surface area (Å²) in [5, 5.41) is 9.04. The minimum Gasteiger partial charge on any atom is -0.383 e. The van der Waals surface area contributed by atoms with Gasteiger partial charge in [0.15, 0.2) is 0 Å². The van der Waals surface area contributed by atoms with Crippen molar-refractivity contribution in [2.45, 2.75) is 12.2 Å². The van der Waals surface area contributed by atoms with Gasteiger partial charge < -0.3 is 4.74 Å². The maximum absolute atomic E-state index is 12.4. The van der Waals surface area contributed by atoms with Gasteiger partial charge >= 0.3 is 0 Å². The molecule has 0 amide bonds. The van der Waals surface area contributed by atoms with Gasteiger partial charge in [0.05, 0.1) is 18.4 Å². The molecule has 0 bridgehead atoms. The van der Waals surface area contributed by atoms with Crippen LogP contribution in [0.25, 0.3) is 0 Å². The summed E-state index contributed by atoms with van der Waals surface area (Å²) in [5.74, 6) is -0.179. The summed E-state index contributed by atoms with van der Waals surface area (Å²) in [6.45, 7) is 0.671. The zero-order valence-electron chi connectivity index (χ0n) is 11.3. The number of nitriles is 1. The van der Waals surface area contributed by atoms with Crippen molar-refractivity contribution in [3.05, 3.63) is 34.9 Å². The molecule has 0 saturated carbocycles. The Morgan fingerprint density at radius 2 is 2.05 bits per heavy atom. The Bertz CT molecular complexity index is 569. The summed E-state index contributed by atoms with van der Waals surface area (Å²) in [6, 6.07) is 8.77. The summed E-state index contributed by atoms with van der Waals surface area (Å²) < 4.78 is 30.9. The molecule has 5 nitrogen and oxygen atoms in total. The number of ether oxygens (including phenoxy) is 1. The van der Waals surface area contributed by atoms with Crippen LogP contribution in [-0.2, 0) is 20.5 Å². The Kier molecular flexibility index (Phi) is 6.96. The Labute approximate surface area is 124 Å². The molecule has 1 aromatic carbocycles. The summed E-state index contributed by atoms with van der Waals surface area (Å²) >= 11 is 5.98. The second-order valence-corrected chi connectivity index (χ2v) is 6.52. The fraction of sp³-hybridized carbons (Fsp3) is 0.462. The molecule has 1 aromatic rings. The zero-order chi connectivity index (χ0) is 15.0. The molecular weight excluding hydrogens is 300 g/mol. The van der Waals surface area contributed by atoms with E-state index < -0.39 is 10.0 Å². The van der Waals surface area contributed by atoms with E-state index in [0.717, 1.165) is 0 Å². The van der Waals surface area contributed by atoms with Gasteiger partial charge in [0.1, 0.15) is 0 Å². The van der Waals surface area contributed by atoms with Crippen molar-refractivity contribution in [2.75, 3.05) is 26.8 Å². The van der Waals surface area contributed by atoms with Crippen LogP contribution < -0.4 is 0 Å². The Hall–Kier alpha value is -1.13. The first-order valence-corrected chi connectivity index (χ1v) is 8.07. The average Bonchev–Trinajstić information content (AvgIpc) is 2.41. The number of methoxy groups -OCH3 is 1. The number of rotatable bonds is 8. The number of sulfonamides is 1. The summed E-state index contributed by atoms with van der Waals surface area (Å²) in [5.41, 5.74) is 0.550. The number of nitrogens with zero attached hydrogens (tertiary/aromatic N) is 2. The average molecular weight is 317 g/mol. The second-order valence-electron chi connectivity index (χ2n) is 4.15. The lowest BCUT2D eigenvalue weighted by Gasteiger charge is -2.21. The van der Waals surface area contributed by atoms with Crippen LogP contribution in [0.2, 0.25) is 5.02 Å². The van der Waals surface area contributed by atoms with Crippen LogP contribution in [0.15, 0.2) is 24.3 Å². The highest BCUT2D eigenvalue weighted by molar-refractivity contribution is 7.88. The zero-order valence-corrected chi connectivity index (χ0v) is 12.8. The molecule has 0 atom stereocenters. The van der Waals surface area contributed by atoms with Crippen molar-refractivity contribution in [1.29, 1.82) is 5.26 Å². The topological polar surface area (TPSA) is 70.4 Å². The Balaban J connectivity index is 2.87. The van der Waals surface area contributed by atoms with E-state index in [-0.39, 0.29) is 31.9 Å². The first-order valence-electron chi connectivity index (χ1n) is 6.08. The second kappa shape index (κ2) is 8.22. The van der Waals surface area contributed by atoms with Gasteiger partial charge in [-0.3, -0.25) is 0 Å². The first kappa shape index (κ1) is 16.9. The molecule has 0 spiro atoms. The SMILES string of the molecule is COCCN(CCC#N)S(=O)(=O)Cc1ccccc1Cl. The standard InChI is InChI=1S/C13H17ClN2O3S/c1-19-10-9-16(8-4-7-15)20(17,18)11-12-5-2-3-6-13(12)14/h2-3,5-6H,4,8-11H2,1H3. The van der Waals surface area contributed by atoms with E-state index >= 15 is 0 Å². The van der Waals surface area contributed by atoms with Crippen LogP contribution >= 0.6 is 11.6 Å². The fourth-order valence-electron chi connectivity index (χ4n) is 1.66. The number of hydrogen-bond donors (Lipinski definition) is 0. The van der Waals surface area contributed by atoms with Gasteiger partial charge in [-0.1, -0.05) is 29.8 Å². The number of halogens is 1. The molecule has 110 valence electrons. The predicted molar refractivity (Wildman–Crippen MR) is 77.8 cm³/mol. The van der Waals surface area contributed by atoms with Crippen molar-refractivity contribution >= 4 is 21.6 Å². The molecule has 0 N–H and O–H groups in total. The van der Waals surface area contributed by atoms with Gasteiger partial charge in [-0.15, -0.1) is 0 Å². The predicted octanol–water partition coefficient (Wildman–Crippen LogP) is 2.03. The maximum atomic E-state index is 12.4. The molecule has 0 aliphatic heterocycles. The highest BCUT2D eigenvalue weighted by Crippen LogP contribution is 2.19. The minimum absolute atomic E-state index is 0.144. The van der Waals surface area contributed by atoms with Gasteiger partial charge in [0.25, 0.3) is 0 Å². The van der Waals surface area contributed by atoms with Crippen molar-refractivity contribution < 1.29 is 13.2 Å². The van der Waals surface area contributed by atoms with Gasteiger partial charge in [-0.2, -0.15) is 9.57 Å². The molecule has 1 rings (SSSR count). The summed E-state index contributed by atoms with van der Waals surface area (Å²) in [7, 11) is -2.02. The minimum atomic E-state index is -3.52. The lowest BCUT2D eigenvalue weighted by atomic mass is 10.2. The van der Waals surface area contributed by atoms with E-state index in [1.807, 2.05) is 6.07 Å². The first-order chi connectivity index (χ1) is 9.51. The van der Waals surface area contributed by atoms with E-state index in [2.05, 4.69) is 0 Å². The smallest absolute Gasteiger partial charge is 0.218 e. The lowest BCUT2D eigenvalue weighted by Crippen LogP contribution is -2.35. The number of hydrogen-bond acceptors (Lipinski definition) is 4. The van der Waals surface area contributed by atoms with Crippen LogP contribution in [-0.4, -0.2) is 39.5 Å². The maximum Gasteiger partial charge on any atom is 0.218 e. The third-order valence-corrected chi connectivity index (χ3v) is 4.90. The van der Waals surface area contributed by atoms with E-state index in [1.54, 1.807) is 24.3 Å². The van der Waals surface area contributed by atoms with Crippen LogP contribution in [0.5, 0.6) is 0 Å². The highest BCUT2D eigenvalue weighted by Gasteiger charge is 2.22. The molecule has 7 heteroatoms. The van der Waals surface area contributed by atoms with Crippen LogP contribution in [0.3, 0.4) is 0 Å². The van der Waals surface area contributed by atoms with Gasteiger partial charge in [-0.25, -0.2) is 8.42 Å². The van der Waals surface area contributed by atoms with Crippen LogP contribution in [0.1, 0.15) is 12.0 Å². The summed E-state index contributed by atoms with van der Waals surface area (Å²) in [4.78, 5) is 0. The van der Waals surface area contributed by atoms with Gasteiger partial charge in [-0.05, 0) is 11.6 Å². The third kappa shape index (κ3) is 5.10. The molecule has 0 aliphatic carbocycles. The molecule has 0 radical (unpaired) electrons. The monoisotopic (exact) mass is 316 g/mol. The molecule has 0 aliphatic rings. The third-order valence-electron chi connectivity index (χ3n) is 2.71. The van der Waals surface area contributed by atoms with E-state index in [1.165, 1.54) is 11.4 Å². The van der Waals surface area contributed by atoms with Gasteiger partial charge in [0, 0.05) is 31.6 Å². The molecule has 0 fully saturated rings. The molecule has 0 aromatic heterocycles. The molecule has 20 heavy (non-hydrogen) atoms. The van der Waals surface area contributed by atoms with Crippen molar-refractivity contribution in [3.8, 4) is 6.07 Å². The Morgan fingerprint density at radius 3 is 2.65 bits per heavy atom. The largest absolute Gasteiger partial charge is 0.383 e. The Morgan fingerprint density at radius 1 is 1.35 bits per heavy atom. The van der Waals surface area contributed by atoms with Crippen LogP contribution in [0.4, 0.5) is 0 Å². The molecule has 0 unspecified atom stereocenters. The van der Waals surface area contributed by atoms with Crippen LogP contribution in [0, 0.1) is 11.3 Å². The molecule has 0 saturated heterocycles. The molecular formula is C13H17ClN2O3S. The van der Waals surface area contributed by atoms with Crippen molar-refractivity contribution in [2.24, 2.45) is 0 Å². The quantitative estimate of drug-likeness (QED) is 0.736.